The van der Waals surface area contributed by atoms with E-state index in [4.69, 9.17) is 10.7 Å². The van der Waals surface area contributed by atoms with Crippen LogP contribution >= 0.6 is 0 Å². The van der Waals surface area contributed by atoms with Crippen molar-refractivity contribution in [1.29, 1.82) is 0 Å². The predicted molar refractivity (Wildman–Crippen MR) is 129 cm³/mol. The van der Waals surface area contributed by atoms with Gasteiger partial charge in [0.15, 0.2) is 11.5 Å². The average molecular weight is 463 g/mol. The summed E-state index contributed by atoms with van der Waals surface area (Å²) in [7, 11) is 3.44. The van der Waals surface area contributed by atoms with Gasteiger partial charge in [-0.3, -0.25) is 9.67 Å². The predicted octanol–water partition coefficient (Wildman–Crippen LogP) is 4.38. The maximum Gasteiger partial charge on any atom is 0.264 e. The Morgan fingerprint density at radius 1 is 1.29 bits per heavy atom. The van der Waals surface area contributed by atoms with Crippen LogP contribution in [0.4, 0.5) is 20.3 Å². The quantitative estimate of drug-likeness (QED) is 0.429. The summed E-state index contributed by atoms with van der Waals surface area (Å²) in [6.45, 7) is 0.651. The van der Waals surface area contributed by atoms with Crippen LogP contribution in [0, 0.1) is 0 Å². The average Bonchev–Trinajstić information content (AvgIpc) is 3.47. The molecule has 0 spiro atoms. The highest BCUT2D eigenvalue weighted by Crippen LogP contribution is 2.41. The van der Waals surface area contributed by atoms with Crippen molar-refractivity contribution < 1.29 is 8.78 Å². The lowest BCUT2D eigenvalue weighted by atomic mass is 9.93. The van der Waals surface area contributed by atoms with Gasteiger partial charge in [-0.1, -0.05) is 0 Å². The van der Waals surface area contributed by atoms with E-state index in [-0.39, 0.29) is 5.56 Å². The SMILES string of the molecule is CN=CC(=CN)c1c[nH]c2ncc(N3CCCc4cc(-c5cnn(C)c5)c(C(F)F)cc43)nc12. The number of anilines is 2. The molecule has 0 radical (unpaired) electrons. The van der Waals surface area contributed by atoms with Gasteiger partial charge in [-0.05, 0) is 36.1 Å². The first-order valence-corrected chi connectivity index (χ1v) is 10.9. The van der Waals surface area contributed by atoms with E-state index in [2.05, 4.69) is 20.1 Å². The number of alkyl halides is 2. The van der Waals surface area contributed by atoms with Crippen LogP contribution in [0.2, 0.25) is 0 Å². The third kappa shape index (κ3) is 3.70. The Balaban J connectivity index is 1.63. The van der Waals surface area contributed by atoms with Gasteiger partial charge in [0.25, 0.3) is 6.43 Å². The number of allylic oxidation sites excluding steroid dienone is 1. The standard InChI is InChI=1S/C24H24F2N8/c1-28-9-15(8-27)19-11-29-24-22(19)32-21(12-30-24)34-5-3-4-14-6-17(16-10-31-33(2)13-16)18(23(25)26)7-20(14)34/h6-13,23H,3-5,27H2,1-2H3,(H,29,30). The van der Waals surface area contributed by atoms with Crippen molar-refractivity contribution in [2.75, 3.05) is 18.5 Å². The fourth-order valence-corrected chi connectivity index (χ4v) is 4.45. The molecule has 10 heteroatoms. The maximum absolute atomic E-state index is 14.1. The number of nitrogens with zero attached hydrogens (tertiary/aromatic N) is 6. The molecule has 0 saturated carbocycles. The highest BCUT2D eigenvalue weighted by Gasteiger charge is 2.26. The summed E-state index contributed by atoms with van der Waals surface area (Å²) in [5.41, 5.74) is 11.4. The molecule has 34 heavy (non-hydrogen) atoms. The summed E-state index contributed by atoms with van der Waals surface area (Å²) in [4.78, 5) is 18.5. The molecule has 3 aromatic heterocycles. The molecule has 5 rings (SSSR count). The number of fused-ring (bicyclic) bond motifs is 2. The lowest BCUT2D eigenvalue weighted by molar-refractivity contribution is 0.152. The minimum atomic E-state index is -2.63. The van der Waals surface area contributed by atoms with Crippen LogP contribution in [0.25, 0.3) is 27.9 Å². The van der Waals surface area contributed by atoms with Crippen LogP contribution in [0.3, 0.4) is 0 Å². The monoisotopic (exact) mass is 462 g/mol. The van der Waals surface area contributed by atoms with E-state index in [0.717, 1.165) is 29.7 Å². The molecule has 0 bridgehead atoms. The largest absolute Gasteiger partial charge is 0.404 e. The van der Waals surface area contributed by atoms with E-state index in [1.165, 1.54) is 6.20 Å². The van der Waals surface area contributed by atoms with Crippen LogP contribution in [-0.2, 0) is 13.5 Å². The van der Waals surface area contributed by atoms with Gasteiger partial charge < -0.3 is 15.6 Å². The number of aromatic nitrogens is 5. The van der Waals surface area contributed by atoms with Crippen molar-refractivity contribution in [3.8, 4) is 11.1 Å². The number of nitrogens with two attached hydrogens (primary N) is 1. The Bertz CT molecular complexity index is 1420. The number of nitrogens with one attached hydrogen (secondary N) is 1. The summed E-state index contributed by atoms with van der Waals surface area (Å²) < 4.78 is 29.9. The highest BCUT2D eigenvalue weighted by molar-refractivity contribution is 6.13. The normalized spacial score (nSPS) is 14.5. The zero-order valence-corrected chi connectivity index (χ0v) is 18.8. The molecule has 8 nitrogen and oxygen atoms in total. The molecule has 0 atom stereocenters. The topological polar surface area (TPSA) is 101 Å². The molecule has 4 heterocycles. The number of rotatable bonds is 5. The molecular weight excluding hydrogens is 438 g/mol. The molecule has 0 aliphatic carbocycles. The van der Waals surface area contributed by atoms with Crippen molar-refractivity contribution in [2.24, 2.45) is 17.8 Å². The Labute approximate surface area is 194 Å². The number of H-pyrrole nitrogens is 1. The number of hydrogen-bond donors (Lipinski definition) is 2. The summed E-state index contributed by atoms with van der Waals surface area (Å²) in [6.07, 6.45) is 8.97. The molecular formula is C24H24F2N8. The number of aromatic amines is 1. The fourth-order valence-electron chi connectivity index (χ4n) is 4.45. The zero-order valence-electron chi connectivity index (χ0n) is 18.8. The molecule has 1 aromatic carbocycles. The summed E-state index contributed by atoms with van der Waals surface area (Å²) in [6, 6.07) is 3.45. The van der Waals surface area contributed by atoms with Crippen LogP contribution in [0.15, 0.2) is 48.1 Å². The second kappa shape index (κ2) is 8.69. The fraction of sp³-hybridized carbons (Fsp3) is 0.250. The Hall–Kier alpha value is -4.08. The van der Waals surface area contributed by atoms with E-state index in [0.29, 0.717) is 40.2 Å². The maximum atomic E-state index is 14.1. The van der Waals surface area contributed by atoms with Crippen LogP contribution < -0.4 is 10.6 Å². The number of halogens is 2. The van der Waals surface area contributed by atoms with Crippen LogP contribution in [0.1, 0.15) is 29.5 Å². The van der Waals surface area contributed by atoms with Crippen molar-refractivity contribution in [2.45, 2.75) is 19.3 Å². The minimum Gasteiger partial charge on any atom is -0.404 e. The molecule has 0 saturated heterocycles. The van der Waals surface area contributed by atoms with Gasteiger partial charge >= 0.3 is 0 Å². The molecule has 0 fully saturated rings. The molecule has 4 aromatic rings. The Morgan fingerprint density at radius 3 is 2.85 bits per heavy atom. The lowest BCUT2D eigenvalue weighted by Crippen LogP contribution is -2.26. The first-order valence-electron chi connectivity index (χ1n) is 10.9. The first kappa shape index (κ1) is 21.7. The highest BCUT2D eigenvalue weighted by atomic mass is 19.3. The molecule has 3 N–H and O–H groups in total. The van der Waals surface area contributed by atoms with E-state index in [9.17, 15) is 8.78 Å². The molecule has 1 aliphatic heterocycles. The number of aliphatic imine (C=N–C) groups is 1. The van der Waals surface area contributed by atoms with Crippen molar-refractivity contribution in [1.82, 2.24) is 24.7 Å². The number of benzene rings is 1. The summed E-state index contributed by atoms with van der Waals surface area (Å²) in [5, 5.41) is 4.15. The first-order chi connectivity index (χ1) is 16.5. The van der Waals surface area contributed by atoms with Gasteiger partial charge in [0.1, 0.15) is 5.52 Å². The van der Waals surface area contributed by atoms with Gasteiger partial charge in [0, 0.05) is 73.4 Å². The van der Waals surface area contributed by atoms with Gasteiger partial charge in [0.05, 0.1) is 12.4 Å². The van der Waals surface area contributed by atoms with Crippen LogP contribution in [-0.4, -0.2) is 44.5 Å². The van der Waals surface area contributed by atoms with E-state index < -0.39 is 6.43 Å². The Morgan fingerprint density at radius 2 is 2.15 bits per heavy atom. The summed E-state index contributed by atoms with van der Waals surface area (Å²) >= 11 is 0. The van der Waals surface area contributed by atoms with Crippen molar-refractivity contribution in [3.05, 3.63) is 59.8 Å². The molecule has 174 valence electrons. The van der Waals surface area contributed by atoms with Gasteiger partial charge in [-0.15, -0.1) is 0 Å². The summed E-state index contributed by atoms with van der Waals surface area (Å²) in [5.74, 6) is 0.591. The third-order valence-electron chi connectivity index (χ3n) is 6.02. The number of hydrogen-bond acceptors (Lipinski definition) is 6. The zero-order chi connectivity index (χ0) is 23.8. The minimum absolute atomic E-state index is 0.0254. The van der Waals surface area contributed by atoms with Crippen LogP contribution in [0.5, 0.6) is 0 Å². The van der Waals surface area contributed by atoms with Gasteiger partial charge in [-0.25, -0.2) is 18.7 Å². The Kier molecular flexibility index (Phi) is 5.56. The number of aryl methyl sites for hydroxylation is 2. The smallest absolute Gasteiger partial charge is 0.264 e. The lowest BCUT2D eigenvalue weighted by Gasteiger charge is -2.31. The second-order valence-electron chi connectivity index (χ2n) is 8.16. The second-order valence-corrected chi connectivity index (χ2v) is 8.16. The molecule has 1 aliphatic rings. The van der Waals surface area contributed by atoms with E-state index >= 15 is 0 Å². The molecule has 0 amide bonds. The van der Waals surface area contributed by atoms with E-state index in [1.807, 2.05) is 11.0 Å². The van der Waals surface area contributed by atoms with Crippen molar-refractivity contribution in [3.63, 3.8) is 0 Å². The van der Waals surface area contributed by atoms with E-state index in [1.54, 1.807) is 55.8 Å². The third-order valence-corrected chi connectivity index (χ3v) is 6.02. The molecule has 0 unspecified atom stereocenters. The van der Waals surface area contributed by atoms with Crippen molar-refractivity contribution >= 4 is 34.5 Å². The van der Waals surface area contributed by atoms with Gasteiger partial charge in [-0.2, -0.15) is 5.10 Å². The van der Waals surface area contributed by atoms with Gasteiger partial charge in [0.2, 0.25) is 0 Å².